The van der Waals surface area contributed by atoms with E-state index < -0.39 is 0 Å². The van der Waals surface area contributed by atoms with Gasteiger partial charge in [0.15, 0.2) is 0 Å². The Labute approximate surface area is 113 Å². The molecule has 18 heavy (non-hydrogen) atoms. The maximum absolute atomic E-state index is 12.1. The first-order chi connectivity index (χ1) is 8.59. The number of hydrogen-bond acceptors (Lipinski definition) is 3. The van der Waals surface area contributed by atoms with Crippen LogP contribution in [0.15, 0.2) is 18.5 Å². The Bertz CT molecular complexity index is 428. The van der Waals surface area contributed by atoms with Gasteiger partial charge in [-0.25, -0.2) is 0 Å². The summed E-state index contributed by atoms with van der Waals surface area (Å²) in [5.41, 5.74) is 6.85. The van der Waals surface area contributed by atoms with Crippen LogP contribution in [-0.2, 0) is 11.2 Å². The van der Waals surface area contributed by atoms with E-state index >= 15 is 0 Å². The Morgan fingerprint density at radius 1 is 1.39 bits per heavy atom. The lowest BCUT2D eigenvalue weighted by Crippen LogP contribution is -2.43. The Kier molecular flexibility index (Phi) is 4.36. The normalized spacial score (nSPS) is 18.6. The fourth-order valence-electron chi connectivity index (χ4n) is 2.65. The Morgan fingerprint density at radius 3 is 2.78 bits per heavy atom. The number of carbonyl (C=O) groups excluding carboxylic acids is 1. The summed E-state index contributed by atoms with van der Waals surface area (Å²) in [5.74, 6) is 0.174. The molecule has 0 aromatic carbocycles. The number of Topliss-reactive ketones (excluding diaryl/α,β-unsaturated/α-hetero) is 1. The van der Waals surface area contributed by atoms with Crippen molar-refractivity contribution >= 4 is 17.4 Å². The SMILES string of the molecule is NC1(CC(=O)Cc2ccncc2Cl)CCCCC1. The zero-order valence-electron chi connectivity index (χ0n) is 10.5. The molecule has 2 N–H and O–H groups in total. The highest BCUT2D eigenvalue weighted by Crippen LogP contribution is 2.29. The van der Waals surface area contributed by atoms with Gasteiger partial charge in [0.1, 0.15) is 5.78 Å². The number of rotatable bonds is 4. The maximum Gasteiger partial charge on any atom is 0.139 e. The number of ketones is 1. The lowest BCUT2D eigenvalue weighted by molar-refractivity contribution is -0.119. The lowest BCUT2D eigenvalue weighted by Gasteiger charge is -2.32. The molecule has 0 bridgehead atoms. The van der Waals surface area contributed by atoms with Crippen molar-refractivity contribution in [2.24, 2.45) is 5.73 Å². The molecule has 0 radical (unpaired) electrons. The average Bonchev–Trinajstić information content (AvgIpc) is 2.32. The summed E-state index contributed by atoms with van der Waals surface area (Å²) >= 11 is 6.00. The van der Waals surface area contributed by atoms with Crippen molar-refractivity contribution in [3.8, 4) is 0 Å². The van der Waals surface area contributed by atoms with Crippen molar-refractivity contribution in [3.63, 3.8) is 0 Å². The van der Waals surface area contributed by atoms with Crippen LogP contribution in [-0.4, -0.2) is 16.3 Å². The number of carbonyl (C=O) groups is 1. The fraction of sp³-hybridized carbons (Fsp3) is 0.571. The van der Waals surface area contributed by atoms with Gasteiger partial charge in [-0.15, -0.1) is 0 Å². The van der Waals surface area contributed by atoms with Crippen molar-refractivity contribution in [3.05, 3.63) is 29.0 Å². The van der Waals surface area contributed by atoms with Gasteiger partial charge in [-0.05, 0) is 24.5 Å². The third-order valence-corrected chi connectivity index (χ3v) is 3.98. The predicted octanol–water partition coefficient (Wildman–Crippen LogP) is 2.90. The van der Waals surface area contributed by atoms with E-state index in [0.717, 1.165) is 31.2 Å². The van der Waals surface area contributed by atoms with Crippen LogP contribution in [0.3, 0.4) is 0 Å². The van der Waals surface area contributed by atoms with Crippen LogP contribution in [0.5, 0.6) is 0 Å². The van der Waals surface area contributed by atoms with Crippen LogP contribution in [0.2, 0.25) is 5.02 Å². The minimum atomic E-state index is -0.283. The van der Waals surface area contributed by atoms with Gasteiger partial charge in [-0.1, -0.05) is 30.9 Å². The van der Waals surface area contributed by atoms with Crippen molar-refractivity contribution in [2.45, 2.75) is 50.5 Å². The molecule has 1 aromatic heterocycles. The number of pyridine rings is 1. The molecule has 4 heteroatoms. The molecule has 1 heterocycles. The molecule has 3 nitrogen and oxygen atoms in total. The molecule has 1 aliphatic rings. The van der Waals surface area contributed by atoms with Gasteiger partial charge in [0.2, 0.25) is 0 Å². The molecule has 98 valence electrons. The molecule has 0 aliphatic heterocycles. The molecule has 0 atom stereocenters. The van der Waals surface area contributed by atoms with E-state index in [-0.39, 0.29) is 11.3 Å². The number of nitrogens with zero attached hydrogens (tertiary/aromatic N) is 1. The number of aromatic nitrogens is 1. The van der Waals surface area contributed by atoms with Gasteiger partial charge in [0.05, 0.1) is 5.02 Å². The lowest BCUT2D eigenvalue weighted by atomic mass is 9.78. The highest BCUT2D eigenvalue weighted by Gasteiger charge is 2.29. The second kappa shape index (κ2) is 5.81. The van der Waals surface area contributed by atoms with Crippen molar-refractivity contribution in [1.82, 2.24) is 4.98 Å². The zero-order chi connectivity index (χ0) is 13.0. The monoisotopic (exact) mass is 266 g/mol. The highest BCUT2D eigenvalue weighted by molar-refractivity contribution is 6.31. The summed E-state index contributed by atoms with van der Waals surface area (Å²) in [6.45, 7) is 0. The van der Waals surface area contributed by atoms with Crippen molar-refractivity contribution in [1.29, 1.82) is 0 Å². The molecule has 0 spiro atoms. The zero-order valence-corrected chi connectivity index (χ0v) is 11.2. The molecule has 1 aromatic rings. The van der Waals surface area contributed by atoms with Crippen LogP contribution >= 0.6 is 11.6 Å². The first-order valence-electron chi connectivity index (χ1n) is 6.48. The van der Waals surface area contributed by atoms with Crippen LogP contribution in [0.4, 0.5) is 0 Å². The number of hydrogen-bond donors (Lipinski definition) is 1. The number of halogens is 1. The molecule has 0 amide bonds. The third kappa shape index (κ3) is 3.53. The Morgan fingerprint density at radius 2 is 2.11 bits per heavy atom. The Balaban J connectivity index is 1.94. The van der Waals surface area contributed by atoms with Gasteiger partial charge < -0.3 is 5.73 Å². The summed E-state index contributed by atoms with van der Waals surface area (Å²) in [6, 6.07) is 1.80. The van der Waals surface area contributed by atoms with Crippen LogP contribution in [0, 0.1) is 0 Å². The minimum absolute atomic E-state index is 0.174. The second-order valence-electron chi connectivity index (χ2n) is 5.28. The van der Waals surface area contributed by atoms with E-state index in [1.54, 1.807) is 18.5 Å². The maximum atomic E-state index is 12.1. The fourth-order valence-corrected chi connectivity index (χ4v) is 2.83. The van der Waals surface area contributed by atoms with E-state index in [2.05, 4.69) is 4.98 Å². The molecule has 1 fully saturated rings. The second-order valence-corrected chi connectivity index (χ2v) is 5.69. The molecule has 1 aliphatic carbocycles. The third-order valence-electron chi connectivity index (χ3n) is 3.64. The largest absolute Gasteiger partial charge is 0.325 e. The summed E-state index contributed by atoms with van der Waals surface area (Å²) < 4.78 is 0. The van der Waals surface area contributed by atoms with Crippen LogP contribution in [0.1, 0.15) is 44.1 Å². The molecular formula is C14H19ClN2O. The minimum Gasteiger partial charge on any atom is -0.325 e. The summed E-state index contributed by atoms with van der Waals surface area (Å²) in [6.07, 6.45) is 9.50. The first-order valence-corrected chi connectivity index (χ1v) is 6.86. The molecular weight excluding hydrogens is 248 g/mol. The summed E-state index contributed by atoms with van der Waals surface area (Å²) in [4.78, 5) is 16.0. The quantitative estimate of drug-likeness (QED) is 0.912. The molecule has 0 unspecified atom stereocenters. The van der Waals surface area contributed by atoms with Crippen molar-refractivity contribution in [2.75, 3.05) is 0 Å². The number of nitrogens with two attached hydrogens (primary N) is 1. The standard InChI is InChI=1S/C14H19ClN2O/c15-13-10-17-7-4-11(13)8-12(18)9-14(16)5-2-1-3-6-14/h4,7,10H,1-3,5-6,8-9,16H2. The van der Waals surface area contributed by atoms with E-state index in [4.69, 9.17) is 17.3 Å². The van der Waals surface area contributed by atoms with Crippen molar-refractivity contribution < 1.29 is 4.79 Å². The van der Waals surface area contributed by atoms with Gasteiger partial charge in [-0.3, -0.25) is 9.78 Å². The van der Waals surface area contributed by atoms with E-state index in [9.17, 15) is 4.79 Å². The smallest absolute Gasteiger partial charge is 0.139 e. The molecule has 2 rings (SSSR count). The Hall–Kier alpha value is -0.930. The topological polar surface area (TPSA) is 56.0 Å². The summed E-state index contributed by atoms with van der Waals surface area (Å²) in [5, 5.41) is 0.556. The van der Waals surface area contributed by atoms with Gasteiger partial charge in [0.25, 0.3) is 0 Å². The van der Waals surface area contributed by atoms with Gasteiger partial charge in [0, 0.05) is 30.8 Å². The van der Waals surface area contributed by atoms with E-state index in [1.165, 1.54) is 6.42 Å². The molecule has 0 saturated heterocycles. The van der Waals surface area contributed by atoms with Gasteiger partial charge >= 0.3 is 0 Å². The first kappa shape index (κ1) is 13.5. The van der Waals surface area contributed by atoms with Crippen LogP contribution in [0.25, 0.3) is 0 Å². The van der Waals surface area contributed by atoms with E-state index in [0.29, 0.717) is 17.9 Å². The van der Waals surface area contributed by atoms with E-state index in [1.807, 2.05) is 0 Å². The van der Waals surface area contributed by atoms with Crippen LogP contribution < -0.4 is 5.73 Å². The van der Waals surface area contributed by atoms with Gasteiger partial charge in [-0.2, -0.15) is 0 Å². The molecule has 1 saturated carbocycles. The predicted molar refractivity (Wildman–Crippen MR) is 72.6 cm³/mol. The summed E-state index contributed by atoms with van der Waals surface area (Å²) in [7, 11) is 0. The average molecular weight is 267 g/mol. The highest BCUT2D eigenvalue weighted by atomic mass is 35.5.